The second kappa shape index (κ2) is 10.6. The average Bonchev–Trinajstić information content (AvgIpc) is 2.77. The molecule has 0 unspecified atom stereocenters. The summed E-state index contributed by atoms with van der Waals surface area (Å²) >= 11 is 0. The van der Waals surface area contributed by atoms with Gasteiger partial charge in [0.2, 0.25) is 5.91 Å². The molecule has 2 aromatic carbocycles. The van der Waals surface area contributed by atoms with Crippen LogP contribution < -0.4 is 5.32 Å². The number of carbonyl (C=O) groups excluding carboxylic acids is 1. The van der Waals surface area contributed by atoms with Crippen molar-refractivity contribution >= 4 is 5.91 Å². The SMILES string of the molecule is O=C(CCCN1CCC(c2ccccc2)CC1)NCc1cc(C(F)(F)F)cc(C(F)(F)F)c1. The summed E-state index contributed by atoms with van der Waals surface area (Å²) < 4.78 is 77.6. The molecule has 3 nitrogen and oxygen atoms in total. The summed E-state index contributed by atoms with van der Waals surface area (Å²) in [5.41, 5.74) is -1.69. The van der Waals surface area contributed by atoms with Crippen LogP contribution in [0.2, 0.25) is 0 Å². The summed E-state index contributed by atoms with van der Waals surface area (Å²) in [5.74, 6) is 0.125. The van der Waals surface area contributed by atoms with Crippen LogP contribution in [0, 0.1) is 0 Å². The molecule has 1 saturated heterocycles. The molecule has 0 atom stereocenters. The van der Waals surface area contributed by atoms with Crippen LogP contribution in [0.1, 0.15) is 53.9 Å². The van der Waals surface area contributed by atoms with E-state index in [1.54, 1.807) is 0 Å². The van der Waals surface area contributed by atoms with Crippen molar-refractivity contribution in [2.45, 2.75) is 50.5 Å². The molecule has 1 aliphatic rings. The molecule has 2 aromatic rings. The van der Waals surface area contributed by atoms with Crippen molar-refractivity contribution in [2.24, 2.45) is 0 Å². The Labute approximate surface area is 188 Å². The Morgan fingerprint density at radius 1 is 0.909 bits per heavy atom. The lowest BCUT2D eigenvalue weighted by Gasteiger charge is -2.32. The maximum atomic E-state index is 12.9. The van der Waals surface area contributed by atoms with E-state index in [-0.39, 0.29) is 18.1 Å². The normalized spacial score (nSPS) is 16.1. The van der Waals surface area contributed by atoms with Crippen LogP contribution >= 0.6 is 0 Å². The molecule has 0 spiro atoms. The summed E-state index contributed by atoms with van der Waals surface area (Å²) in [4.78, 5) is 14.4. The maximum Gasteiger partial charge on any atom is 0.416 e. The first-order valence-electron chi connectivity index (χ1n) is 10.8. The molecule has 0 radical (unpaired) electrons. The molecule has 9 heteroatoms. The minimum atomic E-state index is -4.91. The van der Waals surface area contributed by atoms with E-state index in [1.807, 2.05) is 18.2 Å². The van der Waals surface area contributed by atoms with Crippen molar-refractivity contribution in [2.75, 3.05) is 19.6 Å². The molecule has 1 N–H and O–H groups in total. The highest BCUT2D eigenvalue weighted by Crippen LogP contribution is 2.36. The van der Waals surface area contributed by atoms with Crippen molar-refractivity contribution in [3.63, 3.8) is 0 Å². The number of alkyl halides is 6. The monoisotopic (exact) mass is 472 g/mol. The largest absolute Gasteiger partial charge is 0.416 e. The molecule has 33 heavy (non-hydrogen) atoms. The minimum absolute atomic E-state index is 0.0757. The number of nitrogens with one attached hydrogen (secondary N) is 1. The highest BCUT2D eigenvalue weighted by molar-refractivity contribution is 5.75. The van der Waals surface area contributed by atoms with Gasteiger partial charge in [-0.3, -0.25) is 4.79 Å². The van der Waals surface area contributed by atoms with Crippen molar-refractivity contribution in [3.05, 3.63) is 70.8 Å². The molecular formula is C24H26F6N2O. The van der Waals surface area contributed by atoms with Gasteiger partial charge < -0.3 is 10.2 Å². The van der Waals surface area contributed by atoms with Crippen molar-refractivity contribution in [1.29, 1.82) is 0 Å². The predicted octanol–water partition coefficient (Wildman–Crippen LogP) is 6.00. The lowest BCUT2D eigenvalue weighted by atomic mass is 9.89. The van der Waals surface area contributed by atoms with Crippen LogP contribution in [0.25, 0.3) is 0 Å². The number of amides is 1. The summed E-state index contributed by atoms with van der Waals surface area (Å²) in [7, 11) is 0. The quantitative estimate of drug-likeness (QED) is 0.502. The summed E-state index contributed by atoms with van der Waals surface area (Å²) in [6, 6.07) is 11.7. The fraction of sp³-hybridized carbons (Fsp3) is 0.458. The molecule has 1 aliphatic heterocycles. The first-order valence-corrected chi connectivity index (χ1v) is 10.8. The molecule has 1 fully saturated rings. The Hall–Kier alpha value is -2.55. The van der Waals surface area contributed by atoms with Crippen LogP contribution in [-0.4, -0.2) is 30.4 Å². The number of piperidine rings is 1. The number of hydrogen-bond donors (Lipinski definition) is 1. The summed E-state index contributed by atoms with van der Waals surface area (Å²) in [6.45, 7) is 2.17. The van der Waals surface area contributed by atoms with Crippen LogP contribution in [0.15, 0.2) is 48.5 Å². The van der Waals surface area contributed by atoms with Gasteiger partial charge in [-0.15, -0.1) is 0 Å². The molecule has 1 heterocycles. The van der Waals surface area contributed by atoms with Gasteiger partial charge in [-0.2, -0.15) is 26.3 Å². The highest BCUT2D eigenvalue weighted by atomic mass is 19.4. The number of halogens is 6. The number of nitrogens with zero attached hydrogens (tertiary/aromatic N) is 1. The molecule has 0 saturated carbocycles. The Morgan fingerprint density at radius 3 is 2.03 bits per heavy atom. The van der Waals surface area contributed by atoms with E-state index in [4.69, 9.17) is 0 Å². The number of rotatable bonds is 7. The van der Waals surface area contributed by atoms with Gasteiger partial charge in [0, 0.05) is 13.0 Å². The topological polar surface area (TPSA) is 32.3 Å². The third-order valence-corrected chi connectivity index (χ3v) is 5.87. The second-order valence-corrected chi connectivity index (χ2v) is 8.32. The third-order valence-electron chi connectivity index (χ3n) is 5.87. The van der Waals surface area contributed by atoms with Gasteiger partial charge in [-0.25, -0.2) is 0 Å². The summed E-state index contributed by atoms with van der Waals surface area (Å²) in [6.07, 6.45) is -7.02. The van der Waals surface area contributed by atoms with Crippen molar-refractivity contribution in [3.8, 4) is 0 Å². The molecule has 0 bridgehead atoms. The zero-order valence-corrected chi connectivity index (χ0v) is 18.0. The fourth-order valence-corrected chi connectivity index (χ4v) is 4.09. The molecule has 0 aliphatic carbocycles. The van der Waals surface area contributed by atoms with Crippen LogP contribution in [0.3, 0.4) is 0 Å². The lowest BCUT2D eigenvalue weighted by Crippen LogP contribution is -2.34. The van der Waals surface area contributed by atoms with Gasteiger partial charge >= 0.3 is 12.4 Å². The first-order chi connectivity index (χ1) is 15.5. The van der Waals surface area contributed by atoms with Gasteiger partial charge in [0.25, 0.3) is 0 Å². The first kappa shape index (κ1) is 25.1. The Kier molecular flexibility index (Phi) is 8.05. The lowest BCUT2D eigenvalue weighted by molar-refractivity contribution is -0.143. The highest BCUT2D eigenvalue weighted by Gasteiger charge is 2.36. The molecule has 0 aromatic heterocycles. The van der Waals surface area contributed by atoms with E-state index < -0.39 is 35.9 Å². The second-order valence-electron chi connectivity index (χ2n) is 8.32. The van der Waals surface area contributed by atoms with Crippen molar-refractivity contribution in [1.82, 2.24) is 10.2 Å². The van der Waals surface area contributed by atoms with E-state index in [2.05, 4.69) is 22.3 Å². The zero-order chi connectivity index (χ0) is 24.1. The van der Waals surface area contributed by atoms with Gasteiger partial charge in [-0.05, 0) is 74.1 Å². The number of hydrogen-bond acceptors (Lipinski definition) is 2. The number of carbonyl (C=O) groups is 1. The molecular weight excluding hydrogens is 446 g/mol. The van der Waals surface area contributed by atoms with Gasteiger partial charge in [0.15, 0.2) is 0 Å². The van der Waals surface area contributed by atoms with E-state index in [9.17, 15) is 31.1 Å². The van der Waals surface area contributed by atoms with E-state index >= 15 is 0 Å². The Balaban J connectivity index is 1.44. The zero-order valence-electron chi connectivity index (χ0n) is 18.0. The summed E-state index contributed by atoms with van der Waals surface area (Å²) in [5, 5.41) is 2.43. The maximum absolute atomic E-state index is 12.9. The average molecular weight is 472 g/mol. The van der Waals surface area contributed by atoms with Gasteiger partial charge in [0.05, 0.1) is 11.1 Å². The van der Waals surface area contributed by atoms with E-state index in [0.29, 0.717) is 24.5 Å². The molecule has 3 rings (SSSR count). The van der Waals surface area contributed by atoms with E-state index in [0.717, 1.165) is 32.5 Å². The smallest absolute Gasteiger partial charge is 0.352 e. The third kappa shape index (κ3) is 7.48. The number of likely N-dealkylation sites (tertiary alicyclic amines) is 1. The molecule has 1 amide bonds. The van der Waals surface area contributed by atoms with Crippen molar-refractivity contribution < 1.29 is 31.1 Å². The van der Waals surface area contributed by atoms with E-state index in [1.165, 1.54) is 5.56 Å². The van der Waals surface area contributed by atoms with Gasteiger partial charge in [0.1, 0.15) is 0 Å². The van der Waals surface area contributed by atoms with Gasteiger partial charge in [-0.1, -0.05) is 30.3 Å². The van der Waals surface area contributed by atoms with Crippen LogP contribution in [0.5, 0.6) is 0 Å². The Morgan fingerprint density at radius 2 is 1.48 bits per heavy atom. The predicted molar refractivity (Wildman–Crippen MR) is 112 cm³/mol. The fourth-order valence-electron chi connectivity index (χ4n) is 4.09. The van der Waals surface area contributed by atoms with Crippen LogP contribution in [0.4, 0.5) is 26.3 Å². The standard InChI is InChI=1S/C24H26F6N2O/c25-23(26,27)20-13-17(14-21(15-20)24(28,29)30)16-31-22(33)7-4-10-32-11-8-19(9-12-32)18-5-2-1-3-6-18/h1-3,5-6,13-15,19H,4,7-12,16H2,(H,31,33). The minimum Gasteiger partial charge on any atom is -0.352 e. The van der Waals surface area contributed by atoms with Crippen LogP contribution in [-0.2, 0) is 23.7 Å². The molecule has 180 valence electrons. The Bertz CT molecular complexity index is 887. The number of benzene rings is 2.